The Labute approximate surface area is 80.2 Å². The van der Waals surface area contributed by atoms with E-state index < -0.39 is 0 Å². The summed E-state index contributed by atoms with van der Waals surface area (Å²) < 4.78 is 0. The van der Waals surface area contributed by atoms with Crippen molar-refractivity contribution >= 4 is 5.96 Å². The number of guanidine groups is 1. The minimum Gasteiger partial charge on any atom is -0.396 e. The largest absolute Gasteiger partial charge is 0.396 e. The molecule has 0 aliphatic carbocycles. The maximum atomic E-state index is 8.65. The first-order valence-corrected chi connectivity index (χ1v) is 4.73. The molecule has 4 N–H and O–H groups in total. The second-order valence-corrected chi connectivity index (χ2v) is 3.64. The second kappa shape index (κ2) is 6.71. The third-order valence-corrected chi connectivity index (χ3v) is 1.63. The molecule has 0 radical (unpaired) electrons. The van der Waals surface area contributed by atoms with Gasteiger partial charge in [0.05, 0.1) is 0 Å². The van der Waals surface area contributed by atoms with Crippen molar-refractivity contribution in [1.29, 1.82) is 0 Å². The van der Waals surface area contributed by atoms with Crippen molar-refractivity contribution in [3.8, 4) is 0 Å². The summed E-state index contributed by atoms with van der Waals surface area (Å²) in [5.41, 5.74) is 5.60. The Morgan fingerprint density at radius 1 is 1.46 bits per heavy atom. The van der Waals surface area contributed by atoms with Crippen molar-refractivity contribution in [3.63, 3.8) is 0 Å². The molecule has 0 saturated carbocycles. The first kappa shape index (κ1) is 12.2. The number of nitrogens with zero attached hydrogens (tertiary/aromatic N) is 1. The van der Waals surface area contributed by atoms with Crippen molar-refractivity contribution in [2.24, 2.45) is 16.6 Å². The van der Waals surface area contributed by atoms with Crippen molar-refractivity contribution < 1.29 is 5.11 Å². The zero-order valence-electron chi connectivity index (χ0n) is 8.75. The minimum atomic E-state index is 0.216. The summed E-state index contributed by atoms with van der Waals surface area (Å²) >= 11 is 0. The lowest BCUT2D eigenvalue weighted by Gasteiger charge is -2.10. The third kappa shape index (κ3) is 7.59. The van der Waals surface area contributed by atoms with Gasteiger partial charge in [-0.2, -0.15) is 0 Å². The molecule has 1 atom stereocenters. The van der Waals surface area contributed by atoms with Crippen molar-refractivity contribution in [2.45, 2.75) is 33.2 Å². The molecule has 0 bridgehead atoms. The lowest BCUT2D eigenvalue weighted by atomic mass is 10.1. The van der Waals surface area contributed by atoms with E-state index in [2.05, 4.69) is 10.3 Å². The average Bonchev–Trinajstić information content (AvgIpc) is 2.00. The molecule has 0 saturated heterocycles. The second-order valence-electron chi connectivity index (χ2n) is 3.64. The predicted molar refractivity (Wildman–Crippen MR) is 55.6 cm³/mol. The molecule has 0 fully saturated rings. The van der Waals surface area contributed by atoms with E-state index in [0.29, 0.717) is 24.5 Å². The minimum absolute atomic E-state index is 0.216. The maximum absolute atomic E-state index is 8.65. The number of aliphatic imine (C=N–C) groups is 1. The van der Waals surface area contributed by atoms with E-state index in [1.807, 2.05) is 20.8 Å². The van der Waals surface area contributed by atoms with Crippen LogP contribution in [0.5, 0.6) is 0 Å². The zero-order valence-corrected chi connectivity index (χ0v) is 8.75. The van der Waals surface area contributed by atoms with Crippen LogP contribution in [0.25, 0.3) is 0 Å². The fourth-order valence-corrected chi connectivity index (χ4v) is 0.907. The van der Waals surface area contributed by atoms with Crippen LogP contribution in [0, 0.1) is 5.92 Å². The highest BCUT2D eigenvalue weighted by Crippen LogP contribution is 2.00. The van der Waals surface area contributed by atoms with Gasteiger partial charge in [-0.25, -0.2) is 0 Å². The zero-order chi connectivity index (χ0) is 10.3. The molecule has 0 heterocycles. The Hall–Kier alpha value is -0.770. The van der Waals surface area contributed by atoms with Crippen LogP contribution in [0.1, 0.15) is 27.2 Å². The van der Waals surface area contributed by atoms with Crippen LogP contribution in [0.3, 0.4) is 0 Å². The Morgan fingerprint density at radius 2 is 2.08 bits per heavy atom. The van der Waals surface area contributed by atoms with Gasteiger partial charge in [0.15, 0.2) is 5.96 Å². The van der Waals surface area contributed by atoms with Gasteiger partial charge in [-0.05, 0) is 26.2 Å². The first-order chi connectivity index (χ1) is 6.06. The highest BCUT2D eigenvalue weighted by molar-refractivity contribution is 5.78. The first-order valence-electron chi connectivity index (χ1n) is 4.73. The smallest absolute Gasteiger partial charge is 0.188 e. The SMILES string of the molecule is CC(CCO)CN=C(N)NC(C)C. The molecular weight excluding hydrogens is 166 g/mol. The van der Waals surface area contributed by atoms with E-state index in [1.165, 1.54) is 0 Å². The Balaban J connectivity index is 3.68. The third-order valence-electron chi connectivity index (χ3n) is 1.63. The van der Waals surface area contributed by atoms with Crippen LogP contribution in [-0.2, 0) is 0 Å². The molecule has 0 aromatic rings. The summed E-state index contributed by atoms with van der Waals surface area (Å²) in [6, 6.07) is 0.317. The van der Waals surface area contributed by atoms with Gasteiger partial charge in [-0.3, -0.25) is 4.99 Å². The molecule has 13 heavy (non-hydrogen) atoms. The van der Waals surface area contributed by atoms with E-state index in [4.69, 9.17) is 10.8 Å². The van der Waals surface area contributed by atoms with Crippen molar-refractivity contribution in [1.82, 2.24) is 5.32 Å². The molecule has 0 aliphatic rings. The number of aliphatic hydroxyl groups is 1. The van der Waals surface area contributed by atoms with E-state index >= 15 is 0 Å². The Kier molecular flexibility index (Phi) is 6.32. The monoisotopic (exact) mass is 187 g/mol. The number of rotatable bonds is 5. The van der Waals surface area contributed by atoms with Gasteiger partial charge in [-0.15, -0.1) is 0 Å². The number of aliphatic hydroxyl groups excluding tert-OH is 1. The van der Waals surface area contributed by atoms with Crippen LogP contribution in [-0.4, -0.2) is 30.3 Å². The van der Waals surface area contributed by atoms with Gasteiger partial charge in [0.2, 0.25) is 0 Å². The highest BCUT2D eigenvalue weighted by atomic mass is 16.3. The lowest BCUT2D eigenvalue weighted by molar-refractivity contribution is 0.264. The summed E-state index contributed by atoms with van der Waals surface area (Å²) in [7, 11) is 0. The van der Waals surface area contributed by atoms with E-state index in [-0.39, 0.29) is 6.61 Å². The van der Waals surface area contributed by atoms with Crippen molar-refractivity contribution in [3.05, 3.63) is 0 Å². The number of nitrogens with two attached hydrogens (primary N) is 1. The number of hydrogen-bond donors (Lipinski definition) is 3. The summed E-state index contributed by atoms with van der Waals surface area (Å²) in [6.45, 7) is 6.96. The molecule has 4 heteroatoms. The molecule has 0 amide bonds. The summed E-state index contributed by atoms with van der Waals surface area (Å²) in [6.07, 6.45) is 0.776. The molecular formula is C9H21N3O. The summed E-state index contributed by atoms with van der Waals surface area (Å²) in [5.74, 6) is 0.873. The fraction of sp³-hybridized carbons (Fsp3) is 0.889. The molecule has 0 rings (SSSR count). The van der Waals surface area contributed by atoms with Gasteiger partial charge < -0.3 is 16.2 Å². The van der Waals surface area contributed by atoms with Crippen LogP contribution in [0.15, 0.2) is 4.99 Å². The average molecular weight is 187 g/mol. The van der Waals surface area contributed by atoms with Gasteiger partial charge in [-0.1, -0.05) is 6.92 Å². The summed E-state index contributed by atoms with van der Waals surface area (Å²) in [4.78, 5) is 4.16. The lowest BCUT2D eigenvalue weighted by Crippen LogP contribution is -2.37. The van der Waals surface area contributed by atoms with Gasteiger partial charge >= 0.3 is 0 Å². The van der Waals surface area contributed by atoms with E-state index in [1.54, 1.807) is 0 Å². The van der Waals surface area contributed by atoms with Crippen molar-refractivity contribution in [2.75, 3.05) is 13.2 Å². The van der Waals surface area contributed by atoms with Crippen LogP contribution < -0.4 is 11.1 Å². The molecule has 0 aliphatic heterocycles. The summed E-state index contributed by atoms with van der Waals surface area (Å²) in [5, 5.41) is 11.7. The molecule has 0 spiro atoms. The maximum Gasteiger partial charge on any atom is 0.188 e. The Bertz CT molecular complexity index is 157. The highest BCUT2D eigenvalue weighted by Gasteiger charge is 2.00. The van der Waals surface area contributed by atoms with Gasteiger partial charge in [0.1, 0.15) is 0 Å². The number of nitrogens with one attached hydrogen (secondary N) is 1. The fourth-order valence-electron chi connectivity index (χ4n) is 0.907. The molecule has 78 valence electrons. The molecule has 4 nitrogen and oxygen atoms in total. The molecule has 1 unspecified atom stereocenters. The standard InChI is InChI=1S/C9H21N3O/c1-7(2)12-9(10)11-6-8(3)4-5-13/h7-8,13H,4-6H2,1-3H3,(H3,10,11,12). The van der Waals surface area contributed by atoms with Crippen LogP contribution in [0.2, 0.25) is 0 Å². The molecule has 0 aromatic heterocycles. The number of hydrogen-bond acceptors (Lipinski definition) is 2. The van der Waals surface area contributed by atoms with E-state index in [9.17, 15) is 0 Å². The predicted octanol–water partition coefficient (Wildman–Crippen LogP) is 0.318. The quantitative estimate of drug-likeness (QED) is 0.429. The normalized spacial score (nSPS) is 14.7. The van der Waals surface area contributed by atoms with Gasteiger partial charge in [0.25, 0.3) is 0 Å². The molecule has 0 aromatic carbocycles. The van der Waals surface area contributed by atoms with E-state index in [0.717, 1.165) is 6.42 Å². The Morgan fingerprint density at radius 3 is 2.54 bits per heavy atom. The van der Waals surface area contributed by atoms with Crippen LogP contribution in [0.4, 0.5) is 0 Å². The van der Waals surface area contributed by atoms with Crippen LogP contribution >= 0.6 is 0 Å². The van der Waals surface area contributed by atoms with Gasteiger partial charge in [0, 0.05) is 19.2 Å². The topological polar surface area (TPSA) is 70.6 Å².